The van der Waals surface area contributed by atoms with E-state index in [0.717, 1.165) is 0 Å². The van der Waals surface area contributed by atoms with E-state index in [9.17, 15) is 24.6 Å². The van der Waals surface area contributed by atoms with Gasteiger partial charge >= 0.3 is 12.1 Å². The highest BCUT2D eigenvalue weighted by molar-refractivity contribution is 5.86. The lowest BCUT2D eigenvalue weighted by Crippen LogP contribution is -2.62. The first-order valence-electron chi connectivity index (χ1n) is 8.39. The van der Waals surface area contributed by atoms with Gasteiger partial charge in [-0.3, -0.25) is 9.69 Å². The molecule has 0 aliphatic carbocycles. The van der Waals surface area contributed by atoms with Gasteiger partial charge in [-0.2, -0.15) is 0 Å². The molecule has 0 bridgehead atoms. The zero-order valence-corrected chi connectivity index (χ0v) is 15.2. The van der Waals surface area contributed by atoms with Gasteiger partial charge in [0.15, 0.2) is 5.54 Å². The third kappa shape index (κ3) is 5.05. The van der Waals surface area contributed by atoms with Gasteiger partial charge in [0.25, 0.3) is 0 Å². The van der Waals surface area contributed by atoms with Crippen molar-refractivity contribution < 1.29 is 29.3 Å². The Morgan fingerprint density at radius 2 is 1.96 bits per heavy atom. The summed E-state index contributed by atoms with van der Waals surface area (Å²) < 4.78 is 5.30. The molecule has 2 amide bonds. The summed E-state index contributed by atoms with van der Waals surface area (Å²) in [6.07, 6.45) is -0.788. The molecule has 0 radical (unpaired) electrons. The van der Waals surface area contributed by atoms with E-state index >= 15 is 0 Å². The first kappa shape index (κ1) is 21.2. The number of carboxylic acid groups (broad SMARTS) is 1. The van der Waals surface area contributed by atoms with Crippen molar-refractivity contribution in [3.8, 4) is 0 Å². The molecule has 1 aliphatic rings. The highest BCUT2D eigenvalue weighted by Crippen LogP contribution is 2.31. The Bertz CT molecular complexity index is 518. The van der Waals surface area contributed by atoms with Crippen LogP contribution in [0.4, 0.5) is 4.79 Å². The molecule has 0 aromatic heterocycles. The van der Waals surface area contributed by atoms with Crippen LogP contribution in [-0.4, -0.2) is 69.5 Å². The Morgan fingerprint density at radius 3 is 2.40 bits per heavy atom. The summed E-state index contributed by atoms with van der Waals surface area (Å²) in [5.74, 6) is -1.98. The fourth-order valence-corrected chi connectivity index (χ4v) is 2.88. The van der Waals surface area contributed by atoms with Crippen LogP contribution in [-0.2, 0) is 14.3 Å². The molecule has 0 aromatic carbocycles. The topological polar surface area (TPSA) is 142 Å². The molecule has 144 valence electrons. The fraction of sp³-hybridized carbons (Fsp3) is 0.812. The van der Waals surface area contributed by atoms with E-state index in [0.29, 0.717) is 6.42 Å². The first-order valence-corrected chi connectivity index (χ1v) is 8.39. The van der Waals surface area contributed by atoms with Crippen LogP contribution < -0.4 is 11.1 Å². The van der Waals surface area contributed by atoms with Crippen molar-refractivity contribution in [1.82, 2.24) is 10.2 Å². The molecule has 25 heavy (non-hydrogen) atoms. The number of nitrogens with two attached hydrogens (primary N) is 1. The smallest absolute Gasteiger partial charge is 0.411 e. The zero-order chi connectivity index (χ0) is 19.4. The van der Waals surface area contributed by atoms with E-state index in [4.69, 9.17) is 10.5 Å². The third-order valence-electron chi connectivity index (χ3n) is 4.22. The quantitative estimate of drug-likeness (QED) is 0.503. The minimum Gasteiger partial charge on any atom is -0.479 e. The van der Waals surface area contributed by atoms with Crippen LogP contribution in [0.15, 0.2) is 0 Å². The standard InChI is InChI=1S/C16H29N3O6/c1-5-10(20)11(12(17)21)18-9-16(13(22)23)7-6-8-19(16)14(24)25-15(2,3)4/h10-11,18,20H,5-9H2,1-4H3,(H2,17,21)(H,22,23)/t10-,11+,16+/m1/s1. The number of aliphatic carboxylic acids is 1. The molecule has 9 nitrogen and oxygen atoms in total. The molecule has 1 rings (SSSR count). The molecular weight excluding hydrogens is 330 g/mol. The Balaban J connectivity index is 3.00. The van der Waals surface area contributed by atoms with E-state index in [1.807, 2.05) is 0 Å². The maximum atomic E-state index is 12.4. The van der Waals surface area contributed by atoms with Gasteiger partial charge in [0, 0.05) is 13.1 Å². The summed E-state index contributed by atoms with van der Waals surface area (Å²) in [7, 11) is 0. The van der Waals surface area contributed by atoms with Gasteiger partial charge < -0.3 is 26.0 Å². The molecule has 0 aromatic rings. The Hall–Kier alpha value is -1.87. The fourth-order valence-electron chi connectivity index (χ4n) is 2.88. The van der Waals surface area contributed by atoms with Crippen LogP contribution in [0.1, 0.15) is 47.0 Å². The number of hydrogen-bond acceptors (Lipinski definition) is 6. The summed E-state index contributed by atoms with van der Waals surface area (Å²) in [5, 5.41) is 22.4. The maximum absolute atomic E-state index is 12.4. The van der Waals surface area contributed by atoms with Gasteiger partial charge in [-0.25, -0.2) is 9.59 Å². The van der Waals surface area contributed by atoms with Gasteiger partial charge in [-0.05, 0) is 40.0 Å². The van der Waals surface area contributed by atoms with Gasteiger partial charge in [-0.15, -0.1) is 0 Å². The number of nitrogens with one attached hydrogen (secondary N) is 1. The number of carbonyl (C=O) groups is 3. The average molecular weight is 359 g/mol. The number of carbonyl (C=O) groups excluding carboxylic acids is 2. The number of amides is 2. The minimum atomic E-state index is -1.55. The summed E-state index contributed by atoms with van der Waals surface area (Å²) >= 11 is 0. The van der Waals surface area contributed by atoms with Gasteiger partial charge in [0.05, 0.1) is 6.10 Å². The van der Waals surface area contributed by atoms with Crippen molar-refractivity contribution in [2.24, 2.45) is 5.73 Å². The van der Waals surface area contributed by atoms with Gasteiger partial charge in [-0.1, -0.05) is 6.92 Å². The first-order chi connectivity index (χ1) is 11.4. The molecule has 1 fully saturated rings. The molecular formula is C16H29N3O6. The number of nitrogens with zero attached hydrogens (tertiary/aromatic N) is 1. The second-order valence-electron chi connectivity index (χ2n) is 7.31. The van der Waals surface area contributed by atoms with E-state index in [1.165, 1.54) is 4.90 Å². The number of ether oxygens (including phenoxy) is 1. The van der Waals surface area contributed by atoms with Crippen LogP contribution in [0.5, 0.6) is 0 Å². The van der Waals surface area contributed by atoms with Crippen LogP contribution in [0.3, 0.4) is 0 Å². The molecule has 1 saturated heterocycles. The maximum Gasteiger partial charge on any atom is 0.411 e. The number of carboxylic acids is 1. The van der Waals surface area contributed by atoms with Crippen molar-refractivity contribution in [3.05, 3.63) is 0 Å². The van der Waals surface area contributed by atoms with Crippen LogP contribution in [0, 0.1) is 0 Å². The van der Waals surface area contributed by atoms with Crippen molar-refractivity contribution in [1.29, 1.82) is 0 Å². The van der Waals surface area contributed by atoms with Gasteiger partial charge in [0.1, 0.15) is 11.6 Å². The molecule has 1 heterocycles. The van der Waals surface area contributed by atoms with Crippen molar-refractivity contribution in [3.63, 3.8) is 0 Å². The molecule has 1 aliphatic heterocycles. The normalized spacial score (nSPS) is 23.2. The molecule has 3 atom stereocenters. The minimum absolute atomic E-state index is 0.211. The monoisotopic (exact) mass is 359 g/mol. The van der Waals surface area contributed by atoms with Crippen LogP contribution in [0.2, 0.25) is 0 Å². The summed E-state index contributed by atoms with van der Waals surface area (Å²) in [5.41, 5.74) is 2.97. The predicted octanol–water partition coefficient (Wildman–Crippen LogP) is 0.0551. The predicted molar refractivity (Wildman–Crippen MR) is 89.8 cm³/mol. The van der Waals surface area contributed by atoms with Crippen molar-refractivity contribution in [2.75, 3.05) is 13.1 Å². The summed E-state index contributed by atoms with van der Waals surface area (Å²) in [6.45, 7) is 6.79. The van der Waals surface area contributed by atoms with Crippen molar-refractivity contribution in [2.45, 2.75) is 70.2 Å². The lowest BCUT2D eigenvalue weighted by atomic mass is 9.95. The van der Waals surface area contributed by atoms with Crippen LogP contribution >= 0.6 is 0 Å². The zero-order valence-electron chi connectivity index (χ0n) is 15.2. The molecule has 0 spiro atoms. The number of hydrogen-bond donors (Lipinski definition) is 4. The molecule has 5 N–H and O–H groups in total. The number of primary amides is 1. The number of aliphatic hydroxyl groups is 1. The van der Waals surface area contributed by atoms with Gasteiger partial charge in [0.2, 0.25) is 5.91 Å². The largest absolute Gasteiger partial charge is 0.479 e. The number of likely N-dealkylation sites (tertiary alicyclic amines) is 1. The van der Waals surface area contributed by atoms with E-state index < -0.39 is 41.3 Å². The lowest BCUT2D eigenvalue weighted by molar-refractivity contribution is -0.149. The second-order valence-corrected chi connectivity index (χ2v) is 7.31. The Labute approximate surface area is 147 Å². The average Bonchev–Trinajstić information content (AvgIpc) is 2.90. The van der Waals surface area contributed by atoms with E-state index in [-0.39, 0.29) is 25.9 Å². The molecule has 0 saturated carbocycles. The second kappa shape index (κ2) is 8.01. The molecule has 0 unspecified atom stereocenters. The van der Waals surface area contributed by atoms with E-state index in [1.54, 1.807) is 27.7 Å². The highest BCUT2D eigenvalue weighted by atomic mass is 16.6. The lowest BCUT2D eigenvalue weighted by Gasteiger charge is -2.37. The third-order valence-corrected chi connectivity index (χ3v) is 4.22. The number of aliphatic hydroxyl groups excluding tert-OH is 1. The Kier molecular flexibility index (Phi) is 6.78. The van der Waals surface area contributed by atoms with E-state index in [2.05, 4.69) is 5.32 Å². The molecule has 9 heteroatoms. The van der Waals surface area contributed by atoms with Crippen molar-refractivity contribution >= 4 is 18.0 Å². The summed E-state index contributed by atoms with van der Waals surface area (Å²) in [6, 6.07) is -1.10. The SMILES string of the molecule is CC[C@@H](O)[C@H](NC[C@]1(C(=O)O)CCCN1C(=O)OC(C)(C)C)C(N)=O. The highest BCUT2D eigenvalue weighted by Gasteiger charge is 2.51. The Morgan fingerprint density at radius 1 is 1.36 bits per heavy atom. The number of rotatable bonds is 7. The van der Waals surface area contributed by atoms with Crippen LogP contribution in [0.25, 0.3) is 0 Å². The summed E-state index contributed by atoms with van der Waals surface area (Å²) in [4.78, 5) is 37.1.